The molecule has 2 heteroatoms. The van der Waals surface area contributed by atoms with E-state index in [-0.39, 0.29) is 0 Å². The first-order chi connectivity index (χ1) is 8.86. The van der Waals surface area contributed by atoms with Crippen LogP contribution in [0.3, 0.4) is 0 Å². The van der Waals surface area contributed by atoms with Gasteiger partial charge in [-0.3, -0.25) is 0 Å². The van der Waals surface area contributed by atoms with Crippen LogP contribution >= 0.6 is 0 Å². The summed E-state index contributed by atoms with van der Waals surface area (Å²) in [7, 11) is 0. The molecule has 0 aromatic heterocycles. The van der Waals surface area contributed by atoms with Gasteiger partial charge in [0.2, 0.25) is 0 Å². The molecule has 1 heterocycles. The molecule has 0 aliphatic carbocycles. The van der Waals surface area contributed by atoms with Crippen LogP contribution in [0.25, 0.3) is 0 Å². The Bertz CT molecular complexity index is 180. The Balaban J connectivity index is 1.94. The molecule has 0 amide bonds. The van der Waals surface area contributed by atoms with Crippen LogP contribution in [0.1, 0.15) is 71.6 Å². The van der Waals surface area contributed by atoms with Crippen molar-refractivity contribution in [2.45, 2.75) is 77.7 Å². The topological polar surface area (TPSA) is 15.3 Å². The fourth-order valence-corrected chi connectivity index (χ4v) is 2.93. The smallest absolute Gasteiger partial charge is 0.0195 e. The minimum Gasteiger partial charge on any atom is -0.311 e. The summed E-state index contributed by atoms with van der Waals surface area (Å²) in [6, 6.07) is 0.758. The van der Waals surface area contributed by atoms with Gasteiger partial charge >= 0.3 is 0 Å². The van der Waals surface area contributed by atoms with Crippen molar-refractivity contribution in [1.82, 2.24) is 10.2 Å². The van der Waals surface area contributed by atoms with Crippen molar-refractivity contribution in [3.8, 4) is 0 Å². The second-order valence-corrected chi connectivity index (χ2v) is 5.86. The van der Waals surface area contributed by atoms with Crippen LogP contribution in [-0.4, -0.2) is 37.1 Å². The number of hydrogen-bond donors (Lipinski definition) is 1. The Morgan fingerprint density at radius 2 is 1.67 bits per heavy atom. The van der Waals surface area contributed by atoms with Crippen LogP contribution in [0.5, 0.6) is 0 Å². The standard InChI is InChI=1S/C16H34N2/c1-3-5-6-7-8-9-10-13-18-14-12-17-16(15-18)11-4-2/h16-17H,3-15H2,1-2H3. The lowest BCUT2D eigenvalue weighted by atomic mass is 10.1. The second kappa shape index (κ2) is 10.8. The van der Waals surface area contributed by atoms with Gasteiger partial charge in [-0.15, -0.1) is 0 Å². The lowest BCUT2D eigenvalue weighted by Crippen LogP contribution is -2.50. The summed E-state index contributed by atoms with van der Waals surface area (Å²) in [4.78, 5) is 2.67. The molecule has 1 N–H and O–H groups in total. The van der Waals surface area contributed by atoms with Gasteiger partial charge in [0.15, 0.2) is 0 Å². The number of nitrogens with zero attached hydrogens (tertiary/aromatic N) is 1. The molecule has 18 heavy (non-hydrogen) atoms. The summed E-state index contributed by atoms with van der Waals surface area (Å²) in [5.41, 5.74) is 0. The Morgan fingerprint density at radius 1 is 0.944 bits per heavy atom. The van der Waals surface area contributed by atoms with Gasteiger partial charge in [-0.2, -0.15) is 0 Å². The lowest BCUT2D eigenvalue weighted by molar-refractivity contribution is 0.190. The van der Waals surface area contributed by atoms with Crippen LogP contribution < -0.4 is 5.32 Å². The van der Waals surface area contributed by atoms with Crippen LogP contribution in [0, 0.1) is 0 Å². The maximum Gasteiger partial charge on any atom is 0.0195 e. The molecule has 0 radical (unpaired) electrons. The predicted molar refractivity (Wildman–Crippen MR) is 81.1 cm³/mol. The fraction of sp³-hybridized carbons (Fsp3) is 1.00. The van der Waals surface area contributed by atoms with Gasteiger partial charge in [0.05, 0.1) is 0 Å². The highest BCUT2D eigenvalue weighted by Gasteiger charge is 2.17. The van der Waals surface area contributed by atoms with Crippen LogP contribution in [-0.2, 0) is 0 Å². The molecule has 1 atom stereocenters. The van der Waals surface area contributed by atoms with Crippen molar-refractivity contribution in [1.29, 1.82) is 0 Å². The number of piperazine rings is 1. The molecule has 1 unspecified atom stereocenters. The van der Waals surface area contributed by atoms with E-state index in [9.17, 15) is 0 Å². The highest BCUT2D eigenvalue weighted by atomic mass is 15.2. The molecule has 1 fully saturated rings. The Morgan fingerprint density at radius 3 is 2.39 bits per heavy atom. The van der Waals surface area contributed by atoms with Crippen molar-refractivity contribution in [2.75, 3.05) is 26.2 Å². The van der Waals surface area contributed by atoms with E-state index in [0.717, 1.165) is 6.04 Å². The molecule has 1 aliphatic rings. The molecule has 0 aromatic carbocycles. The van der Waals surface area contributed by atoms with Crippen LogP contribution in [0.2, 0.25) is 0 Å². The highest BCUT2D eigenvalue weighted by molar-refractivity contribution is 4.77. The minimum atomic E-state index is 0.758. The van der Waals surface area contributed by atoms with Gasteiger partial charge in [0.1, 0.15) is 0 Å². The molecule has 0 saturated carbocycles. The van der Waals surface area contributed by atoms with Crippen LogP contribution in [0.15, 0.2) is 0 Å². The van der Waals surface area contributed by atoms with Crippen molar-refractivity contribution >= 4 is 0 Å². The Kier molecular flexibility index (Phi) is 9.59. The quantitative estimate of drug-likeness (QED) is 0.596. The van der Waals surface area contributed by atoms with E-state index in [1.165, 1.54) is 84.0 Å². The number of nitrogens with one attached hydrogen (secondary N) is 1. The molecule has 2 nitrogen and oxygen atoms in total. The number of hydrogen-bond acceptors (Lipinski definition) is 2. The van der Waals surface area contributed by atoms with Gasteiger partial charge in [-0.05, 0) is 19.4 Å². The van der Waals surface area contributed by atoms with E-state index >= 15 is 0 Å². The summed E-state index contributed by atoms with van der Waals surface area (Å²) in [5.74, 6) is 0. The third kappa shape index (κ3) is 7.38. The summed E-state index contributed by atoms with van der Waals surface area (Å²) in [6.07, 6.45) is 12.6. The highest BCUT2D eigenvalue weighted by Crippen LogP contribution is 2.09. The molecule has 0 spiro atoms. The van der Waals surface area contributed by atoms with E-state index in [2.05, 4.69) is 24.1 Å². The van der Waals surface area contributed by atoms with Gasteiger partial charge in [0, 0.05) is 25.7 Å². The predicted octanol–water partition coefficient (Wildman–Crippen LogP) is 3.81. The minimum absolute atomic E-state index is 0.758. The third-order valence-corrected chi connectivity index (χ3v) is 4.05. The second-order valence-electron chi connectivity index (χ2n) is 5.86. The van der Waals surface area contributed by atoms with Crippen molar-refractivity contribution in [3.63, 3.8) is 0 Å². The molecule has 1 aliphatic heterocycles. The van der Waals surface area contributed by atoms with Gasteiger partial charge in [-0.25, -0.2) is 0 Å². The zero-order valence-electron chi connectivity index (χ0n) is 12.7. The maximum absolute atomic E-state index is 3.63. The normalized spacial score (nSPS) is 21.3. The van der Waals surface area contributed by atoms with E-state index < -0.39 is 0 Å². The lowest BCUT2D eigenvalue weighted by Gasteiger charge is -2.33. The van der Waals surface area contributed by atoms with Crippen LogP contribution in [0.4, 0.5) is 0 Å². The average molecular weight is 254 g/mol. The third-order valence-electron chi connectivity index (χ3n) is 4.05. The van der Waals surface area contributed by atoms with Crippen molar-refractivity contribution in [3.05, 3.63) is 0 Å². The number of unbranched alkanes of at least 4 members (excludes halogenated alkanes) is 6. The first-order valence-electron chi connectivity index (χ1n) is 8.32. The Hall–Kier alpha value is -0.0800. The first kappa shape index (κ1) is 16.0. The molecular weight excluding hydrogens is 220 g/mol. The molecular formula is C16H34N2. The summed E-state index contributed by atoms with van der Waals surface area (Å²) < 4.78 is 0. The SMILES string of the molecule is CCCCCCCCCN1CCNC(CCC)C1. The van der Waals surface area contributed by atoms with E-state index in [0.29, 0.717) is 0 Å². The van der Waals surface area contributed by atoms with E-state index in [1.807, 2.05) is 0 Å². The van der Waals surface area contributed by atoms with Gasteiger partial charge < -0.3 is 10.2 Å². The molecule has 108 valence electrons. The van der Waals surface area contributed by atoms with Crippen molar-refractivity contribution < 1.29 is 0 Å². The zero-order chi connectivity index (χ0) is 13.1. The first-order valence-corrected chi connectivity index (χ1v) is 8.32. The summed E-state index contributed by atoms with van der Waals surface area (Å²) >= 11 is 0. The number of rotatable bonds is 10. The summed E-state index contributed by atoms with van der Waals surface area (Å²) in [5, 5.41) is 3.63. The largest absolute Gasteiger partial charge is 0.311 e. The van der Waals surface area contributed by atoms with E-state index in [4.69, 9.17) is 0 Å². The molecule has 0 aromatic rings. The van der Waals surface area contributed by atoms with Crippen molar-refractivity contribution in [2.24, 2.45) is 0 Å². The molecule has 1 saturated heterocycles. The monoisotopic (exact) mass is 254 g/mol. The van der Waals surface area contributed by atoms with E-state index in [1.54, 1.807) is 0 Å². The van der Waals surface area contributed by atoms with Gasteiger partial charge in [0.25, 0.3) is 0 Å². The summed E-state index contributed by atoms with van der Waals surface area (Å²) in [6.45, 7) is 9.64. The average Bonchev–Trinajstić information content (AvgIpc) is 2.39. The van der Waals surface area contributed by atoms with Gasteiger partial charge in [-0.1, -0.05) is 58.8 Å². The molecule has 1 rings (SSSR count). The Labute approximate surface area is 115 Å². The molecule has 0 bridgehead atoms. The maximum atomic E-state index is 3.63. The fourth-order valence-electron chi connectivity index (χ4n) is 2.93. The zero-order valence-corrected chi connectivity index (χ0v) is 12.7.